The third-order valence-electron chi connectivity index (χ3n) is 15.3. The Balaban J connectivity index is 4.16. The Morgan fingerprint density at radius 1 is 0.260 bits per heavy atom. The molecular formula is C71H130O6. The molecule has 0 aliphatic carbocycles. The van der Waals surface area contributed by atoms with Crippen molar-refractivity contribution < 1.29 is 28.6 Å². The van der Waals surface area contributed by atoms with Crippen molar-refractivity contribution in [3.63, 3.8) is 0 Å². The molecular weight excluding hydrogens is 949 g/mol. The number of esters is 3. The van der Waals surface area contributed by atoms with Crippen molar-refractivity contribution in [2.75, 3.05) is 13.2 Å². The van der Waals surface area contributed by atoms with E-state index in [4.69, 9.17) is 14.2 Å². The standard InChI is InChI=1S/C71H130O6/c1-4-7-10-13-16-19-22-24-26-28-30-31-32-33-34-35-36-37-38-39-41-42-44-46-49-52-55-58-61-64-70(73)76-67-68(66-75-69(72)63-60-57-54-51-48-21-18-15-12-9-6-3)77-71(74)65-62-59-56-53-50-47-45-43-40-29-27-25-23-20-17-14-11-8-5-2/h17,20,22,24-25,27-28,30,68H,4-16,18-19,21,23,26,29,31-67H2,1-3H3/b20-17-,24-22-,27-25-,30-28-. The predicted octanol–water partition coefficient (Wildman–Crippen LogP) is 23.3. The minimum absolute atomic E-state index is 0.0699. The topological polar surface area (TPSA) is 78.9 Å². The second-order valence-electron chi connectivity index (χ2n) is 23.1. The highest BCUT2D eigenvalue weighted by Crippen LogP contribution is 2.18. The number of ether oxygens (including phenoxy) is 3. The Kier molecular flexibility index (Phi) is 63.6. The van der Waals surface area contributed by atoms with Crippen molar-refractivity contribution in [2.24, 2.45) is 0 Å². The molecule has 0 aromatic rings. The van der Waals surface area contributed by atoms with Crippen LogP contribution in [0.5, 0.6) is 0 Å². The van der Waals surface area contributed by atoms with E-state index in [9.17, 15) is 14.4 Å². The molecule has 1 unspecified atom stereocenters. The lowest BCUT2D eigenvalue weighted by atomic mass is 10.0. The van der Waals surface area contributed by atoms with Crippen LogP contribution in [0.15, 0.2) is 48.6 Å². The van der Waals surface area contributed by atoms with E-state index in [2.05, 4.69) is 69.4 Å². The summed E-state index contributed by atoms with van der Waals surface area (Å²) in [4.78, 5) is 38.3. The van der Waals surface area contributed by atoms with Crippen LogP contribution in [-0.2, 0) is 28.6 Å². The number of carbonyl (C=O) groups excluding carboxylic acids is 3. The van der Waals surface area contributed by atoms with Crippen LogP contribution in [0.4, 0.5) is 0 Å². The summed E-state index contributed by atoms with van der Waals surface area (Å²) in [5.41, 5.74) is 0. The van der Waals surface area contributed by atoms with Crippen LogP contribution in [-0.4, -0.2) is 37.2 Å². The molecule has 0 aliphatic rings. The monoisotopic (exact) mass is 1080 g/mol. The highest BCUT2D eigenvalue weighted by molar-refractivity contribution is 5.71. The van der Waals surface area contributed by atoms with Crippen LogP contribution in [0.2, 0.25) is 0 Å². The zero-order valence-electron chi connectivity index (χ0n) is 51.7. The maximum atomic E-state index is 12.9. The van der Waals surface area contributed by atoms with Gasteiger partial charge >= 0.3 is 17.9 Å². The summed E-state index contributed by atoms with van der Waals surface area (Å²) in [6, 6.07) is 0. The number of unbranched alkanes of at least 4 members (excludes halogenated alkanes) is 44. The van der Waals surface area contributed by atoms with E-state index < -0.39 is 6.10 Å². The summed E-state index contributed by atoms with van der Waals surface area (Å²) in [6.07, 6.45) is 82.8. The third kappa shape index (κ3) is 64.1. The molecule has 0 aliphatic heterocycles. The minimum Gasteiger partial charge on any atom is -0.462 e. The first-order valence-corrected chi connectivity index (χ1v) is 34.1. The van der Waals surface area contributed by atoms with Gasteiger partial charge in [0.15, 0.2) is 6.10 Å². The van der Waals surface area contributed by atoms with Crippen molar-refractivity contribution >= 4 is 17.9 Å². The summed E-state index contributed by atoms with van der Waals surface area (Å²) < 4.78 is 16.9. The van der Waals surface area contributed by atoms with Crippen molar-refractivity contribution in [3.8, 4) is 0 Å². The SMILES string of the molecule is CCCCC/C=C\C/C=C\CCCCCCCCCCCC(=O)OC(COC(=O)CCCCCCCCCCCCC)COC(=O)CCCCCCCCCCCCCCCCCCC/C=C\C/C=C\CCCCCCC. The Hall–Kier alpha value is -2.63. The van der Waals surface area contributed by atoms with E-state index >= 15 is 0 Å². The first-order chi connectivity index (χ1) is 38.0. The van der Waals surface area contributed by atoms with Gasteiger partial charge in [0.1, 0.15) is 13.2 Å². The molecule has 0 heterocycles. The lowest BCUT2D eigenvalue weighted by Crippen LogP contribution is -2.30. The van der Waals surface area contributed by atoms with Gasteiger partial charge in [-0.15, -0.1) is 0 Å². The van der Waals surface area contributed by atoms with Gasteiger partial charge in [0.2, 0.25) is 0 Å². The molecule has 0 amide bonds. The molecule has 77 heavy (non-hydrogen) atoms. The van der Waals surface area contributed by atoms with Gasteiger partial charge in [0, 0.05) is 19.3 Å². The molecule has 0 spiro atoms. The quantitative estimate of drug-likeness (QED) is 0.0261. The van der Waals surface area contributed by atoms with Crippen LogP contribution >= 0.6 is 0 Å². The maximum Gasteiger partial charge on any atom is 0.306 e. The van der Waals surface area contributed by atoms with Crippen LogP contribution in [0.3, 0.4) is 0 Å². The normalized spacial score (nSPS) is 12.3. The first-order valence-electron chi connectivity index (χ1n) is 34.1. The van der Waals surface area contributed by atoms with E-state index in [-0.39, 0.29) is 31.1 Å². The molecule has 0 N–H and O–H groups in total. The summed E-state index contributed by atoms with van der Waals surface area (Å²) in [7, 11) is 0. The average Bonchev–Trinajstić information content (AvgIpc) is 3.43. The number of rotatable bonds is 63. The van der Waals surface area contributed by atoms with Gasteiger partial charge in [-0.25, -0.2) is 0 Å². The number of hydrogen-bond donors (Lipinski definition) is 0. The Bertz CT molecular complexity index is 1330. The second kappa shape index (κ2) is 65.9. The van der Waals surface area contributed by atoms with Crippen molar-refractivity contribution in [2.45, 2.75) is 374 Å². The molecule has 6 nitrogen and oxygen atoms in total. The summed E-state index contributed by atoms with van der Waals surface area (Å²) in [6.45, 7) is 6.65. The smallest absolute Gasteiger partial charge is 0.306 e. The number of allylic oxidation sites excluding steroid dienone is 8. The molecule has 0 rings (SSSR count). The van der Waals surface area contributed by atoms with Gasteiger partial charge < -0.3 is 14.2 Å². The van der Waals surface area contributed by atoms with Gasteiger partial charge in [0.05, 0.1) is 0 Å². The van der Waals surface area contributed by atoms with Gasteiger partial charge in [-0.1, -0.05) is 313 Å². The number of carbonyl (C=O) groups is 3. The maximum absolute atomic E-state index is 12.9. The fourth-order valence-corrected chi connectivity index (χ4v) is 10.2. The molecule has 1 atom stereocenters. The molecule has 450 valence electrons. The lowest BCUT2D eigenvalue weighted by Gasteiger charge is -2.18. The molecule has 0 aromatic heterocycles. The Morgan fingerprint density at radius 3 is 0.740 bits per heavy atom. The molecule has 0 radical (unpaired) electrons. The lowest BCUT2D eigenvalue weighted by molar-refractivity contribution is -0.167. The van der Waals surface area contributed by atoms with E-state index in [0.717, 1.165) is 70.6 Å². The molecule has 0 bridgehead atoms. The average molecular weight is 1080 g/mol. The van der Waals surface area contributed by atoms with Crippen LogP contribution in [0, 0.1) is 0 Å². The molecule has 0 fully saturated rings. The minimum atomic E-state index is -0.773. The van der Waals surface area contributed by atoms with Gasteiger partial charge in [-0.05, 0) is 83.5 Å². The highest BCUT2D eigenvalue weighted by atomic mass is 16.6. The van der Waals surface area contributed by atoms with Crippen molar-refractivity contribution in [3.05, 3.63) is 48.6 Å². The second-order valence-corrected chi connectivity index (χ2v) is 23.1. The summed E-state index contributed by atoms with van der Waals surface area (Å²) >= 11 is 0. The van der Waals surface area contributed by atoms with E-state index in [0.29, 0.717) is 19.3 Å². The predicted molar refractivity (Wildman–Crippen MR) is 335 cm³/mol. The van der Waals surface area contributed by atoms with Crippen molar-refractivity contribution in [1.82, 2.24) is 0 Å². The summed E-state index contributed by atoms with van der Waals surface area (Å²) in [5, 5.41) is 0. The third-order valence-corrected chi connectivity index (χ3v) is 15.3. The molecule has 6 heteroatoms. The van der Waals surface area contributed by atoms with Crippen molar-refractivity contribution in [1.29, 1.82) is 0 Å². The number of hydrogen-bond acceptors (Lipinski definition) is 6. The van der Waals surface area contributed by atoms with E-state index in [1.165, 1.54) is 257 Å². The molecule has 0 aromatic carbocycles. The van der Waals surface area contributed by atoms with Gasteiger partial charge in [0.25, 0.3) is 0 Å². The van der Waals surface area contributed by atoms with Gasteiger partial charge in [-0.2, -0.15) is 0 Å². The zero-order valence-corrected chi connectivity index (χ0v) is 51.7. The Morgan fingerprint density at radius 2 is 0.468 bits per heavy atom. The molecule has 0 saturated carbocycles. The van der Waals surface area contributed by atoms with Crippen LogP contribution in [0.25, 0.3) is 0 Å². The Labute approximate surface area is 479 Å². The summed E-state index contributed by atoms with van der Waals surface area (Å²) in [5.74, 6) is -0.852. The fraction of sp³-hybridized carbons (Fsp3) is 0.845. The molecule has 0 saturated heterocycles. The first kappa shape index (κ1) is 74.4. The zero-order chi connectivity index (χ0) is 55.7. The van der Waals surface area contributed by atoms with E-state index in [1.54, 1.807) is 0 Å². The van der Waals surface area contributed by atoms with Crippen LogP contribution in [0.1, 0.15) is 367 Å². The fourth-order valence-electron chi connectivity index (χ4n) is 10.2. The van der Waals surface area contributed by atoms with Gasteiger partial charge in [-0.3, -0.25) is 14.4 Å². The highest BCUT2D eigenvalue weighted by Gasteiger charge is 2.19. The van der Waals surface area contributed by atoms with E-state index in [1.807, 2.05) is 0 Å². The largest absolute Gasteiger partial charge is 0.462 e. The van der Waals surface area contributed by atoms with Crippen LogP contribution < -0.4 is 0 Å².